The van der Waals surface area contributed by atoms with E-state index in [1.807, 2.05) is 0 Å². The molecule has 1 saturated heterocycles. The number of nitrogens with zero attached hydrogens (tertiary/aromatic N) is 2. The molecule has 3 heteroatoms. The lowest BCUT2D eigenvalue weighted by molar-refractivity contribution is 0.184. The van der Waals surface area contributed by atoms with Crippen LogP contribution >= 0.6 is 0 Å². The van der Waals surface area contributed by atoms with Crippen molar-refractivity contribution in [3.63, 3.8) is 0 Å². The van der Waals surface area contributed by atoms with Gasteiger partial charge in [-0.1, -0.05) is 27.7 Å². The molecule has 1 fully saturated rings. The number of likely N-dealkylation sites (N-methyl/N-ethyl adjacent to an activating group) is 2. The van der Waals surface area contributed by atoms with Crippen LogP contribution in [0.2, 0.25) is 0 Å². The number of likely N-dealkylation sites (tertiary alicyclic amines) is 1. The van der Waals surface area contributed by atoms with E-state index in [4.69, 9.17) is 0 Å². The highest BCUT2D eigenvalue weighted by Crippen LogP contribution is 2.17. The predicted octanol–water partition coefficient (Wildman–Crippen LogP) is 2.28. The van der Waals surface area contributed by atoms with Crippen LogP contribution in [0.5, 0.6) is 0 Å². The molecular formula is C16H35N3. The van der Waals surface area contributed by atoms with E-state index < -0.39 is 0 Å². The molecule has 0 aliphatic carbocycles. The summed E-state index contributed by atoms with van der Waals surface area (Å²) in [6.07, 6.45) is 2.77. The van der Waals surface area contributed by atoms with E-state index in [9.17, 15) is 0 Å². The van der Waals surface area contributed by atoms with Gasteiger partial charge in [-0.05, 0) is 57.9 Å². The molecule has 114 valence electrons. The Bertz CT molecular complexity index is 230. The zero-order valence-electron chi connectivity index (χ0n) is 13.8. The van der Waals surface area contributed by atoms with Gasteiger partial charge in [0.1, 0.15) is 0 Å². The monoisotopic (exact) mass is 269 g/mol. The Balaban J connectivity index is 2.17. The molecule has 3 nitrogen and oxygen atoms in total. The Morgan fingerprint density at radius 1 is 1.26 bits per heavy atom. The minimum Gasteiger partial charge on any atom is -0.316 e. The largest absolute Gasteiger partial charge is 0.316 e. The molecule has 2 atom stereocenters. The molecule has 0 amide bonds. The second-order valence-corrected chi connectivity index (χ2v) is 6.80. The normalized spacial score (nSPS) is 22.6. The molecule has 19 heavy (non-hydrogen) atoms. The Morgan fingerprint density at radius 2 is 2.00 bits per heavy atom. The SMILES string of the molecule is CCN1CCCC1CN(C)CC(C)CNCC(C)C. The van der Waals surface area contributed by atoms with Crippen molar-refractivity contribution in [1.29, 1.82) is 0 Å². The summed E-state index contributed by atoms with van der Waals surface area (Å²) < 4.78 is 0. The fourth-order valence-corrected chi connectivity index (χ4v) is 3.17. The molecule has 1 heterocycles. The van der Waals surface area contributed by atoms with Crippen molar-refractivity contribution in [2.24, 2.45) is 11.8 Å². The van der Waals surface area contributed by atoms with Gasteiger partial charge in [-0.3, -0.25) is 4.90 Å². The summed E-state index contributed by atoms with van der Waals surface area (Å²) in [7, 11) is 2.28. The highest BCUT2D eigenvalue weighted by molar-refractivity contribution is 4.81. The second kappa shape index (κ2) is 8.93. The maximum Gasteiger partial charge on any atom is 0.0223 e. The molecule has 0 saturated carbocycles. The first-order valence-electron chi connectivity index (χ1n) is 8.16. The quantitative estimate of drug-likeness (QED) is 0.693. The topological polar surface area (TPSA) is 18.5 Å². The van der Waals surface area contributed by atoms with Gasteiger partial charge >= 0.3 is 0 Å². The van der Waals surface area contributed by atoms with Crippen LogP contribution in [-0.2, 0) is 0 Å². The zero-order chi connectivity index (χ0) is 14.3. The molecule has 0 radical (unpaired) electrons. The van der Waals surface area contributed by atoms with Crippen LogP contribution < -0.4 is 5.32 Å². The van der Waals surface area contributed by atoms with E-state index in [1.165, 1.54) is 39.0 Å². The fraction of sp³-hybridized carbons (Fsp3) is 1.00. The standard InChI is InChI=1S/C16H35N3/c1-6-19-9-7-8-16(19)13-18(5)12-15(4)11-17-10-14(2)3/h14-17H,6-13H2,1-5H3. The maximum absolute atomic E-state index is 3.57. The molecule has 0 bridgehead atoms. The van der Waals surface area contributed by atoms with Crippen molar-refractivity contribution in [3.8, 4) is 0 Å². The first-order chi connectivity index (χ1) is 9.02. The third-order valence-corrected chi connectivity index (χ3v) is 4.10. The van der Waals surface area contributed by atoms with E-state index in [1.54, 1.807) is 0 Å². The van der Waals surface area contributed by atoms with Crippen molar-refractivity contribution >= 4 is 0 Å². The van der Waals surface area contributed by atoms with Gasteiger partial charge in [0, 0.05) is 19.1 Å². The fourth-order valence-electron chi connectivity index (χ4n) is 3.17. The predicted molar refractivity (Wildman–Crippen MR) is 84.6 cm³/mol. The molecule has 0 aromatic carbocycles. The van der Waals surface area contributed by atoms with Crippen molar-refractivity contribution in [2.75, 3.05) is 46.3 Å². The first kappa shape index (κ1) is 16.9. The van der Waals surface area contributed by atoms with E-state index in [2.05, 4.69) is 49.9 Å². The number of rotatable bonds is 9. The lowest BCUT2D eigenvalue weighted by Gasteiger charge is -2.29. The van der Waals surface area contributed by atoms with E-state index in [0.717, 1.165) is 31.0 Å². The molecule has 0 aromatic rings. The lowest BCUT2D eigenvalue weighted by Crippen LogP contribution is -2.41. The van der Waals surface area contributed by atoms with E-state index in [0.29, 0.717) is 0 Å². The second-order valence-electron chi connectivity index (χ2n) is 6.80. The minimum atomic E-state index is 0.736. The van der Waals surface area contributed by atoms with Crippen LogP contribution in [-0.4, -0.2) is 62.2 Å². The summed E-state index contributed by atoms with van der Waals surface area (Å²) in [6, 6.07) is 0.797. The smallest absolute Gasteiger partial charge is 0.0223 e. The first-order valence-corrected chi connectivity index (χ1v) is 8.16. The average Bonchev–Trinajstić information content (AvgIpc) is 2.75. The molecule has 2 unspecified atom stereocenters. The van der Waals surface area contributed by atoms with Gasteiger partial charge in [0.05, 0.1) is 0 Å². The Morgan fingerprint density at radius 3 is 2.63 bits per heavy atom. The highest BCUT2D eigenvalue weighted by Gasteiger charge is 2.24. The van der Waals surface area contributed by atoms with Gasteiger partial charge in [-0.2, -0.15) is 0 Å². The summed E-state index contributed by atoms with van der Waals surface area (Å²) in [5.41, 5.74) is 0. The van der Waals surface area contributed by atoms with Gasteiger partial charge in [-0.25, -0.2) is 0 Å². The molecule has 0 aromatic heterocycles. The molecule has 0 spiro atoms. The Kier molecular flexibility index (Phi) is 7.96. The van der Waals surface area contributed by atoms with Crippen LogP contribution in [0, 0.1) is 11.8 Å². The number of hydrogen-bond donors (Lipinski definition) is 1. The van der Waals surface area contributed by atoms with E-state index in [-0.39, 0.29) is 0 Å². The van der Waals surface area contributed by atoms with Crippen LogP contribution in [0.15, 0.2) is 0 Å². The Labute approximate surface area is 120 Å². The van der Waals surface area contributed by atoms with Crippen LogP contribution in [0.3, 0.4) is 0 Å². The van der Waals surface area contributed by atoms with Gasteiger partial charge in [0.2, 0.25) is 0 Å². The summed E-state index contributed by atoms with van der Waals surface area (Å²) in [6.45, 7) is 16.4. The summed E-state index contributed by atoms with van der Waals surface area (Å²) in [4.78, 5) is 5.17. The van der Waals surface area contributed by atoms with Crippen molar-refractivity contribution in [2.45, 2.75) is 46.6 Å². The lowest BCUT2D eigenvalue weighted by atomic mass is 10.1. The minimum absolute atomic E-state index is 0.736. The Hall–Kier alpha value is -0.120. The summed E-state index contributed by atoms with van der Waals surface area (Å²) >= 11 is 0. The molecule has 1 rings (SSSR count). The van der Waals surface area contributed by atoms with Gasteiger partial charge in [0.25, 0.3) is 0 Å². The van der Waals surface area contributed by atoms with Gasteiger partial charge < -0.3 is 10.2 Å². The van der Waals surface area contributed by atoms with Crippen molar-refractivity contribution < 1.29 is 0 Å². The highest BCUT2D eigenvalue weighted by atomic mass is 15.2. The molecule has 1 N–H and O–H groups in total. The number of hydrogen-bond acceptors (Lipinski definition) is 3. The van der Waals surface area contributed by atoms with Crippen LogP contribution in [0.1, 0.15) is 40.5 Å². The van der Waals surface area contributed by atoms with Crippen molar-refractivity contribution in [1.82, 2.24) is 15.1 Å². The van der Waals surface area contributed by atoms with Crippen LogP contribution in [0.4, 0.5) is 0 Å². The average molecular weight is 269 g/mol. The summed E-state index contributed by atoms with van der Waals surface area (Å²) in [5.74, 6) is 1.49. The number of nitrogens with one attached hydrogen (secondary N) is 1. The third kappa shape index (κ3) is 6.73. The summed E-state index contributed by atoms with van der Waals surface area (Å²) in [5, 5.41) is 3.57. The zero-order valence-corrected chi connectivity index (χ0v) is 13.8. The van der Waals surface area contributed by atoms with E-state index >= 15 is 0 Å². The van der Waals surface area contributed by atoms with Gasteiger partial charge in [0.15, 0.2) is 0 Å². The van der Waals surface area contributed by atoms with Crippen LogP contribution in [0.25, 0.3) is 0 Å². The third-order valence-electron chi connectivity index (χ3n) is 4.10. The van der Waals surface area contributed by atoms with Crippen molar-refractivity contribution in [3.05, 3.63) is 0 Å². The molecule has 1 aliphatic rings. The maximum atomic E-state index is 3.57. The van der Waals surface area contributed by atoms with Gasteiger partial charge in [-0.15, -0.1) is 0 Å². The molecular weight excluding hydrogens is 234 g/mol. The molecule has 1 aliphatic heterocycles.